The summed E-state index contributed by atoms with van der Waals surface area (Å²) in [6, 6.07) is 12.3. The molecule has 0 atom stereocenters. The van der Waals surface area contributed by atoms with E-state index in [9.17, 15) is 0 Å². The van der Waals surface area contributed by atoms with Crippen molar-refractivity contribution in [3.8, 4) is 0 Å². The summed E-state index contributed by atoms with van der Waals surface area (Å²) >= 11 is 1.77. The van der Waals surface area contributed by atoms with Gasteiger partial charge in [0.1, 0.15) is 0 Å². The highest BCUT2D eigenvalue weighted by Gasteiger charge is 2.09. The zero-order chi connectivity index (χ0) is 13.1. The first-order valence-corrected chi connectivity index (χ1v) is 6.86. The van der Waals surface area contributed by atoms with E-state index in [1.54, 1.807) is 11.3 Å². The lowest BCUT2D eigenvalue weighted by Gasteiger charge is -1.97. The molecule has 3 nitrogen and oxygen atoms in total. The number of fused-ring (bicyclic) bond motifs is 1. The van der Waals surface area contributed by atoms with Crippen molar-refractivity contribution in [3.05, 3.63) is 65.3 Å². The average Bonchev–Trinajstić information content (AvgIpc) is 2.83. The van der Waals surface area contributed by atoms with Crippen LogP contribution in [0.25, 0.3) is 10.1 Å². The topological polar surface area (TPSA) is 36.5 Å². The molecule has 0 amide bonds. The van der Waals surface area contributed by atoms with Crippen LogP contribution in [0.3, 0.4) is 0 Å². The summed E-state index contributed by atoms with van der Waals surface area (Å²) in [6.07, 6.45) is 5.41. The molecule has 3 rings (SSSR count). The third-order valence-electron chi connectivity index (χ3n) is 3.00. The molecule has 1 N–H and O–H groups in total. The van der Waals surface area contributed by atoms with E-state index in [1.165, 1.54) is 21.9 Å². The molecule has 0 saturated heterocycles. The van der Waals surface area contributed by atoms with E-state index >= 15 is 0 Å². The number of hydrogen-bond acceptors (Lipinski definition) is 3. The van der Waals surface area contributed by atoms with Gasteiger partial charge in [-0.15, -0.1) is 11.3 Å². The first-order chi connectivity index (χ1) is 9.36. The largest absolute Gasteiger partial charge is 0.411 e. The monoisotopic (exact) mass is 269 g/mol. The summed E-state index contributed by atoms with van der Waals surface area (Å²) in [5, 5.41) is 15.1. The Morgan fingerprint density at radius 3 is 3.00 bits per heavy atom. The lowest BCUT2D eigenvalue weighted by atomic mass is 10.2. The fourth-order valence-corrected chi connectivity index (χ4v) is 3.09. The molecule has 0 aliphatic heterocycles. The van der Waals surface area contributed by atoms with Gasteiger partial charge in [-0.25, -0.2) is 4.57 Å². The molecule has 3 aromatic rings. The zero-order valence-electron chi connectivity index (χ0n) is 10.2. The lowest BCUT2D eigenvalue weighted by Crippen LogP contribution is -2.33. The maximum absolute atomic E-state index is 8.57. The minimum Gasteiger partial charge on any atom is -0.411 e. The third-order valence-corrected chi connectivity index (χ3v) is 4.01. The van der Waals surface area contributed by atoms with Crippen LogP contribution in [0.1, 0.15) is 11.1 Å². The van der Waals surface area contributed by atoms with E-state index < -0.39 is 0 Å². The Balaban J connectivity index is 1.94. The molecular formula is C15H13N2OS+. The number of benzene rings is 1. The Hall–Kier alpha value is -2.20. The molecule has 0 unspecified atom stereocenters. The fraction of sp³-hybridized carbons (Fsp3) is 0.0667. The Kier molecular flexibility index (Phi) is 3.25. The van der Waals surface area contributed by atoms with Gasteiger partial charge in [0.2, 0.25) is 0 Å². The summed E-state index contributed by atoms with van der Waals surface area (Å²) in [7, 11) is 0. The molecule has 0 fully saturated rings. The van der Waals surface area contributed by atoms with Crippen LogP contribution < -0.4 is 4.57 Å². The highest BCUT2D eigenvalue weighted by molar-refractivity contribution is 7.17. The first-order valence-electron chi connectivity index (χ1n) is 5.98. The summed E-state index contributed by atoms with van der Waals surface area (Å²) in [4.78, 5) is 0. The van der Waals surface area contributed by atoms with E-state index in [1.807, 2.05) is 24.5 Å². The predicted octanol–water partition coefficient (Wildman–Crippen LogP) is 3.05. The molecule has 2 aromatic heterocycles. The second-order valence-electron chi connectivity index (χ2n) is 4.31. The van der Waals surface area contributed by atoms with Crippen LogP contribution in [0.15, 0.2) is 59.3 Å². The summed E-state index contributed by atoms with van der Waals surface area (Å²) in [6.45, 7) is 0.817. The maximum Gasteiger partial charge on any atom is 0.178 e. The summed E-state index contributed by atoms with van der Waals surface area (Å²) in [5.74, 6) is 0. The minimum absolute atomic E-state index is 0.817. The smallest absolute Gasteiger partial charge is 0.178 e. The molecule has 0 saturated carbocycles. The molecule has 94 valence electrons. The van der Waals surface area contributed by atoms with Crippen molar-refractivity contribution in [2.75, 3.05) is 0 Å². The van der Waals surface area contributed by atoms with Crippen molar-refractivity contribution < 1.29 is 9.77 Å². The summed E-state index contributed by atoms with van der Waals surface area (Å²) in [5.41, 5.74) is 2.19. The van der Waals surface area contributed by atoms with Crippen molar-refractivity contribution >= 4 is 27.6 Å². The minimum atomic E-state index is 0.817. The molecule has 0 aliphatic rings. The van der Waals surface area contributed by atoms with Gasteiger partial charge in [0.05, 0.1) is 11.8 Å². The number of aromatic nitrogens is 1. The number of thiophene rings is 1. The molecule has 0 radical (unpaired) electrons. The van der Waals surface area contributed by atoms with Gasteiger partial charge in [0.25, 0.3) is 0 Å². The Labute approximate surface area is 115 Å². The van der Waals surface area contributed by atoms with Gasteiger partial charge in [-0.2, -0.15) is 0 Å². The molecule has 0 bridgehead atoms. The Morgan fingerprint density at radius 2 is 2.11 bits per heavy atom. The Bertz CT molecular complexity index is 734. The summed E-state index contributed by atoms with van der Waals surface area (Å²) < 4.78 is 3.40. The maximum atomic E-state index is 8.57. The highest BCUT2D eigenvalue weighted by atomic mass is 32.1. The molecule has 0 spiro atoms. The molecule has 2 heterocycles. The van der Waals surface area contributed by atoms with Gasteiger partial charge in [-0.1, -0.05) is 23.4 Å². The third kappa shape index (κ3) is 2.48. The van der Waals surface area contributed by atoms with Crippen LogP contribution in [0, 0.1) is 0 Å². The second-order valence-corrected chi connectivity index (χ2v) is 5.22. The van der Waals surface area contributed by atoms with Crippen molar-refractivity contribution in [2.45, 2.75) is 6.54 Å². The van der Waals surface area contributed by atoms with E-state index in [0.717, 1.165) is 12.1 Å². The van der Waals surface area contributed by atoms with Crippen LogP contribution in [-0.2, 0) is 6.54 Å². The number of nitrogens with zero attached hydrogens (tertiary/aromatic N) is 2. The van der Waals surface area contributed by atoms with Crippen molar-refractivity contribution in [1.29, 1.82) is 0 Å². The van der Waals surface area contributed by atoms with Crippen molar-refractivity contribution in [1.82, 2.24) is 0 Å². The molecule has 0 aliphatic carbocycles. The van der Waals surface area contributed by atoms with Crippen LogP contribution >= 0.6 is 11.3 Å². The second kappa shape index (κ2) is 5.20. The van der Waals surface area contributed by atoms with Crippen molar-refractivity contribution in [3.63, 3.8) is 0 Å². The molecule has 1 aromatic carbocycles. The molecule has 4 heteroatoms. The van der Waals surface area contributed by atoms with Crippen molar-refractivity contribution in [2.24, 2.45) is 5.16 Å². The first kappa shape index (κ1) is 11.9. The predicted molar refractivity (Wildman–Crippen MR) is 76.9 cm³/mol. The van der Waals surface area contributed by atoms with Crippen LogP contribution in [0.4, 0.5) is 0 Å². The van der Waals surface area contributed by atoms with Gasteiger partial charge in [0.15, 0.2) is 18.9 Å². The van der Waals surface area contributed by atoms with E-state index in [0.29, 0.717) is 0 Å². The molecular weight excluding hydrogens is 256 g/mol. The number of hydrogen-bond donors (Lipinski definition) is 1. The SMILES string of the molecule is O/N=C/c1ccc[n+](Cc2csc3ccccc23)c1. The fourth-order valence-electron chi connectivity index (χ4n) is 2.14. The van der Waals surface area contributed by atoms with Gasteiger partial charge < -0.3 is 5.21 Å². The van der Waals surface area contributed by atoms with Gasteiger partial charge in [-0.3, -0.25) is 0 Å². The number of oxime groups is 1. The normalized spacial score (nSPS) is 11.4. The van der Waals surface area contributed by atoms with Crippen LogP contribution in [0.2, 0.25) is 0 Å². The highest BCUT2D eigenvalue weighted by Crippen LogP contribution is 2.25. The van der Waals surface area contributed by atoms with Gasteiger partial charge >= 0.3 is 0 Å². The molecule has 19 heavy (non-hydrogen) atoms. The average molecular weight is 269 g/mol. The van der Waals surface area contributed by atoms with Gasteiger partial charge in [-0.05, 0) is 12.1 Å². The zero-order valence-corrected chi connectivity index (χ0v) is 11.0. The van der Waals surface area contributed by atoms with E-state index in [-0.39, 0.29) is 0 Å². The quantitative estimate of drug-likeness (QED) is 0.337. The standard InChI is InChI=1S/C15H12N2OS/c18-16-8-12-4-3-7-17(9-12)10-13-11-19-15-6-2-1-5-14(13)15/h1-9,11H,10H2/p+1/b16-8+. The Morgan fingerprint density at radius 1 is 1.21 bits per heavy atom. The van der Waals surface area contributed by atoms with E-state index in [2.05, 4.69) is 39.4 Å². The number of pyridine rings is 1. The van der Waals surface area contributed by atoms with E-state index in [4.69, 9.17) is 5.21 Å². The van der Waals surface area contributed by atoms with Gasteiger partial charge in [0, 0.05) is 27.1 Å². The number of rotatable bonds is 3. The van der Waals surface area contributed by atoms with Crippen LogP contribution in [0.5, 0.6) is 0 Å². The van der Waals surface area contributed by atoms with Crippen LogP contribution in [-0.4, -0.2) is 11.4 Å². The lowest BCUT2D eigenvalue weighted by molar-refractivity contribution is -0.688.